The molecule has 0 aromatic heterocycles. The Morgan fingerprint density at radius 3 is 2.85 bits per heavy atom. The second-order valence-corrected chi connectivity index (χ2v) is 4.75. The third kappa shape index (κ3) is 1.64. The van der Waals surface area contributed by atoms with Crippen LogP contribution in [0.4, 0.5) is 0 Å². The number of ketones is 1. The molecule has 2 heteroatoms. The quantitative estimate of drug-likeness (QED) is 0.613. The van der Waals surface area contributed by atoms with E-state index in [-0.39, 0.29) is 0 Å². The van der Waals surface area contributed by atoms with Crippen molar-refractivity contribution >= 4 is 5.78 Å². The van der Waals surface area contributed by atoms with Gasteiger partial charge in [-0.15, -0.1) is 0 Å². The van der Waals surface area contributed by atoms with Crippen molar-refractivity contribution in [1.29, 1.82) is 0 Å². The molecule has 2 nitrogen and oxygen atoms in total. The summed E-state index contributed by atoms with van der Waals surface area (Å²) in [5.74, 6) is 1.63. The van der Waals surface area contributed by atoms with Gasteiger partial charge in [0.1, 0.15) is 5.78 Å². The number of hydrogen-bond acceptors (Lipinski definition) is 2. The third-order valence-corrected chi connectivity index (χ3v) is 3.69. The zero-order chi connectivity index (χ0) is 9.42. The normalized spacial score (nSPS) is 35.5. The summed E-state index contributed by atoms with van der Waals surface area (Å²) >= 11 is 0. The average Bonchev–Trinajstić information content (AvgIpc) is 2.47. The summed E-state index contributed by atoms with van der Waals surface area (Å²) in [4.78, 5) is 14.0. The van der Waals surface area contributed by atoms with Crippen LogP contribution in [0.2, 0.25) is 0 Å². The minimum atomic E-state index is 0.385. The third-order valence-electron chi connectivity index (χ3n) is 3.69. The van der Waals surface area contributed by atoms with E-state index >= 15 is 0 Å². The lowest BCUT2D eigenvalue weighted by Gasteiger charge is -2.36. The van der Waals surface area contributed by atoms with Gasteiger partial charge in [-0.2, -0.15) is 0 Å². The largest absolute Gasteiger partial charge is 0.300 e. The van der Waals surface area contributed by atoms with Gasteiger partial charge in [0.2, 0.25) is 0 Å². The molecular formula is C11H19NO. The van der Waals surface area contributed by atoms with E-state index in [0.717, 1.165) is 25.3 Å². The molecule has 1 saturated carbocycles. The van der Waals surface area contributed by atoms with Crippen LogP contribution < -0.4 is 0 Å². The van der Waals surface area contributed by atoms with Crippen LogP contribution in [-0.2, 0) is 4.79 Å². The zero-order valence-corrected chi connectivity index (χ0v) is 8.62. The molecule has 0 spiro atoms. The average molecular weight is 181 g/mol. The standard InChI is InChI=1S/C11H19NO/c1-8(2)12-6-5-9-3-4-11(13)10(9)7-12/h8-10H,3-7H2,1-2H3. The van der Waals surface area contributed by atoms with Crippen LogP contribution in [0.25, 0.3) is 0 Å². The second-order valence-electron chi connectivity index (χ2n) is 4.75. The minimum Gasteiger partial charge on any atom is -0.300 e. The molecule has 0 radical (unpaired) electrons. The predicted molar refractivity (Wildman–Crippen MR) is 52.5 cm³/mol. The summed E-state index contributed by atoms with van der Waals surface area (Å²) in [7, 11) is 0. The van der Waals surface area contributed by atoms with E-state index in [1.165, 1.54) is 13.0 Å². The minimum absolute atomic E-state index is 0.385. The van der Waals surface area contributed by atoms with Gasteiger partial charge in [0.15, 0.2) is 0 Å². The summed E-state index contributed by atoms with van der Waals surface area (Å²) in [5.41, 5.74) is 0. The first-order valence-corrected chi connectivity index (χ1v) is 5.45. The maximum absolute atomic E-state index is 11.6. The van der Waals surface area contributed by atoms with Crippen molar-refractivity contribution in [1.82, 2.24) is 4.90 Å². The van der Waals surface area contributed by atoms with Gasteiger partial charge in [0, 0.05) is 24.9 Å². The van der Waals surface area contributed by atoms with Crippen LogP contribution >= 0.6 is 0 Å². The lowest BCUT2D eigenvalue weighted by molar-refractivity contribution is -0.122. The fourth-order valence-electron chi connectivity index (χ4n) is 2.72. The number of fused-ring (bicyclic) bond motifs is 1. The Balaban J connectivity index is 2.01. The van der Waals surface area contributed by atoms with E-state index in [1.54, 1.807) is 0 Å². The number of rotatable bonds is 1. The lowest BCUT2D eigenvalue weighted by atomic mass is 9.88. The zero-order valence-electron chi connectivity index (χ0n) is 8.62. The molecule has 0 aromatic rings. The van der Waals surface area contributed by atoms with E-state index in [4.69, 9.17) is 0 Å². The first-order chi connectivity index (χ1) is 6.18. The molecule has 1 aliphatic carbocycles. The predicted octanol–water partition coefficient (Wildman–Crippen LogP) is 1.70. The Morgan fingerprint density at radius 2 is 2.15 bits per heavy atom. The smallest absolute Gasteiger partial charge is 0.137 e. The first-order valence-electron chi connectivity index (χ1n) is 5.45. The Labute approximate surface area is 80.3 Å². The molecule has 1 aliphatic heterocycles. The molecule has 0 N–H and O–H groups in total. The Hall–Kier alpha value is -0.370. The van der Waals surface area contributed by atoms with Crippen LogP contribution in [0.15, 0.2) is 0 Å². The van der Waals surface area contributed by atoms with Gasteiger partial charge >= 0.3 is 0 Å². The van der Waals surface area contributed by atoms with E-state index < -0.39 is 0 Å². The van der Waals surface area contributed by atoms with E-state index in [0.29, 0.717) is 17.7 Å². The Morgan fingerprint density at radius 1 is 1.38 bits per heavy atom. The van der Waals surface area contributed by atoms with E-state index in [9.17, 15) is 4.79 Å². The van der Waals surface area contributed by atoms with Gasteiger partial charge in [0.05, 0.1) is 0 Å². The summed E-state index contributed by atoms with van der Waals surface area (Å²) < 4.78 is 0. The van der Waals surface area contributed by atoms with Gasteiger partial charge in [-0.3, -0.25) is 4.79 Å². The molecular weight excluding hydrogens is 162 g/mol. The molecule has 1 saturated heterocycles. The van der Waals surface area contributed by atoms with Crippen molar-refractivity contribution < 1.29 is 4.79 Å². The molecule has 0 amide bonds. The molecule has 1 heterocycles. The van der Waals surface area contributed by atoms with E-state index in [2.05, 4.69) is 18.7 Å². The molecule has 0 aromatic carbocycles. The van der Waals surface area contributed by atoms with Crippen molar-refractivity contribution in [2.24, 2.45) is 11.8 Å². The van der Waals surface area contributed by atoms with Crippen molar-refractivity contribution in [2.75, 3.05) is 13.1 Å². The van der Waals surface area contributed by atoms with Crippen LogP contribution in [0.1, 0.15) is 33.1 Å². The van der Waals surface area contributed by atoms with Gasteiger partial charge in [-0.05, 0) is 39.2 Å². The highest BCUT2D eigenvalue weighted by molar-refractivity contribution is 5.83. The van der Waals surface area contributed by atoms with Gasteiger partial charge < -0.3 is 4.90 Å². The number of Topliss-reactive ketones (excluding diaryl/α,β-unsaturated/α-hetero) is 1. The van der Waals surface area contributed by atoms with Crippen LogP contribution in [0, 0.1) is 11.8 Å². The van der Waals surface area contributed by atoms with Crippen LogP contribution in [-0.4, -0.2) is 29.8 Å². The van der Waals surface area contributed by atoms with Crippen molar-refractivity contribution in [3.05, 3.63) is 0 Å². The fourth-order valence-corrected chi connectivity index (χ4v) is 2.72. The molecule has 2 rings (SSSR count). The van der Waals surface area contributed by atoms with Gasteiger partial charge in [0.25, 0.3) is 0 Å². The molecule has 74 valence electrons. The highest BCUT2D eigenvalue weighted by Crippen LogP contribution is 2.35. The first kappa shape index (κ1) is 9.20. The molecule has 2 fully saturated rings. The summed E-state index contributed by atoms with van der Waals surface area (Å²) in [6.45, 7) is 6.67. The monoisotopic (exact) mass is 181 g/mol. The highest BCUT2D eigenvalue weighted by Gasteiger charge is 2.38. The maximum Gasteiger partial charge on any atom is 0.137 e. The summed E-state index contributed by atoms with van der Waals surface area (Å²) in [6.07, 6.45) is 3.26. The molecule has 2 unspecified atom stereocenters. The van der Waals surface area contributed by atoms with Gasteiger partial charge in [-0.25, -0.2) is 0 Å². The van der Waals surface area contributed by atoms with Crippen LogP contribution in [0.5, 0.6) is 0 Å². The van der Waals surface area contributed by atoms with Crippen LogP contribution in [0.3, 0.4) is 0 Å². The lowest BCUT2D eigenvalue weighted by Crippen LogP contribution is -2.44. The number of carbonyl (C=O) groups is 1. The highest BCUT2D eigenvalue weighted by atomic mass is 16.1. The number of likely N-dealkylation sites (tertiary alicyclic amines) is 1. The molecule has 0 bridgehead atoms. The molecule has 13 heavy (non-hydrogen) atoms. The molecule has 2 atom stereocenters. The Kier molecular flexibility index (Phi) is 2.41. The summed E-state index contributed by atoms with van der Waals surface area (Å²) in [6, 6.07) is 0.606. The molecule has 2 aliphatic rings. The Bertz CT molecular complexity index is 212. The number of hydrogen-bond donors (Lipinski definition) is 0. The number of piperidine rings is 1. The van der Waals surface area contributed by atoms with Crippen molar-refractivity contribution in [3.8, 4) is 0 Å². The van der Waals surface area contributed by atoms with Crippen molar-refractivity contribution in [3.63, 3.8) is 0 Å². The van der Waals surface area contributed by atoms with Gasteiger partial charge in [-0.1, -0.05) is 0 Å². The number of nitrogens with zero attached hydrogens (tertiary/aromatic N) is 1. The summed E-state index contributed by atoms with van der Waals surface area (Å²) in [5, 5.41) is 0. The second kappa shape index (κ2) is 3.41. The maximum atomic E-state index is 11.6. The topological polar surface area (TPSA) is 20.3 Å². The van der Waals surface area contributed by atoms with E-state index in [1.807, 2.05) is 0 Å². The fraction of sp³-hybridized carbons (Fsp3) is 0.909. The van der Waals surface area contributed by atoms with Crippen molar-refractivity contribution in [2.45, 2.75) is 39.2 Å². The number of carbonyl (C=O) groups excluding carboxylic acids is 1. The SMILES string of the molecule is CC(C)N1CCC2CCC(=O)C2C1.